The lowest BCUT2D eigenvalue weighted by Gasteiger charge is -2.24. The minimum absolute atomic E-state index is 0.356. The fraction of sp³-hybridized carbons (Fsp3) is 0.0526. The first-order chi connectivity index (χ1) is 12.4. The van der Waals surface area contributed by atoms with E-state index in [1.807, 2.05) is 91.0 Å². The van der Waals surface area contributed by atoms with E-state index in [2.05, 4.69) is 0 Å². The third kappa shape index (κ3) is 5.15. The van der Waals surface area contributed by atoms with Crippen LogP contribution in [0.25, 0.3) is 0 Å². The fourth-order valence-electron chi connectivity index (χ4n) is 2.70. The Kier molecular flexibility index (Phi) is 6.93. The molecule has 0 amide bonds. The van der Waals surface area contributed by atoms with Gasteiger partial charge in [-0.1, -0.05) is 54.6 Å². The second-order valence-electron chi connectivity index (χ2n) is 5.43. The Hall–Kier alpha value is -2.20. The summed E-state index contributed by atoms with van der Waals surface area (Å²) in [6, 6.07) is 30.2. The van der Waals surface area contributed by atoms with Crippen LogP contribution in [0.5, 0.6) is 0 Å². The van der Waals surface area contributed by atoms with Crippen LogP contribution < -0.4 is 15.9 Å². The van der Waals surface area contributed by atoms with Gasteiger partial charge in [0.25, 0.3) is 0 Å². The van der Waals surface area contributed by atoms with Crippen molar-refractivity contribution >= 4 is 30.4 Å². The van der Waals surface area contributed by atoms with Crippen molar-refractivity contribution in [3.63, 3.8) is 0 Å². The molecule has 0 saturated carbocycles. The first-order valence-corrected chi connectivity index (χ1v) is 9.83. The Bertz CT molecular complexity index is 677. The van der Waals surface area contributed by atoms with Crippen molar-refractivity contribution in [1.82, 2.24) is 0 Å². The van der Waals surface area contributed by atoms with E-state index in [-0.39, 0.29) is 6.42 Å². The molecule has 0 bridgehead atoms. The largest absolute Gasteiger partial charge is 0.673 e. The van der Waals surface area contributed by atoms with Gasteiger partial charge in [-0.05, 0) is 36.4 Å². The van der Waals surface area contributed by atoms with Gasteiger partial charge in [-0.15, -0.1) is 0 Å². The van der Waals surface area contributed by atoms with E-state index in [1.54, 1.807) is 0 Å². The van der Waals surface area contributed by atoms with Crippen LogP contribution in [-0.2, 0) is 0 Å². The van der Waals surface area contributed by atoms with Crippen LogP contribution in [0.1, 0.15) is 0 Å². The monoisotopic (exact) mass is 382 g/mol. The zero-order chi connectivity index (χ0) is 19.0. The summed E-state index contributed by atoms with van der Waals surface area (Å²) in [4.78, 5) is 0. The summed E-state index contributed by atoms with van der Waals surface area (Å²) in [5, 5.41) is 3.26. The van der Waals surface area contributed by atoms with Crippen LogP contribution in [0, 0.1) is 0 Å². The van der Waals surface area contributed by atoms with Crippen LogP contribution in [0.3, 0.4) is 0 Å². The first-order valence-electron chi connectivity index (χ1n) is 7.86. The van der Waals surface area contributed by atoms with Crippen molar-refractivity contribution in [2.45, 2.75) is 0 Å². The first kappa shape index (κ1) is 20.1. The molecule has 3 rings (SSSR count). The predicted octanol–water partition coefficient (Wildman–Crippen LogP) is 5.21. The maximum absolute atomic E-state index is 14.4. The Morgan fingerprint density at radius 1 is 0.538 bits per heavy atom. The molecular formula is C19H17BF5P. The van der Waals surface area contributed by atoms with E-state index in [9.17, 15) is 21.7 Å². The average molecular weight is 382 g/mol. The van der Waals surface area contributed by atoms with Crippen LogP contribution in [0.4, 0.5) is 21.7 Å². The van der Waals surface area contributed by atoms with E-state index < -0.39 is 14.5 Å². The highest BCUT2D eigenvalue weighted by molar-refractivity contribution is 7.95. The molecule has 0 saturated heterocycles. The van der Waals surface area contributed by atoms with Crippen molar-refractivity contribution < 1.29 is 21.7 Å². The van der Waals surface area contributed by atoms with Gasteiger partial charge in [0.05, 0.1) is 0 Å². The molecular weight excluding hydrogens is 365 g/mol. The quantitative estimate of drug-likeness (QED) is 0.330. The molecule has 0 nitrogen and oxygen atoms in total. The summed E-state index contributed by atoms with van der Waals surface area (Å²) in [6.45, 7) is 0. The Morgan fingerprint density at radius 2 is 0.769 bits per heavy atom. The van der Waals surface area contributed by atoms with Crippen LogP contribution >= 0.6 is 7.26 Å². The third-order valence-electron chi connectivity index (χ3n) is 3.77. The molecule has 0 spiro atoms. The van der Waals surface area contributed by atoms with Gasteiger partial charge in [0.1, 0.15) is 23.2 Å². The van der Waals surface area contributed by atoms with E-state index >= 15 is 0 Å². The van der Waals surface area contributed by atoms with E-state index in [0.717, 1.165) is 15.9 Å². The summed E-state index contributed by atoms with van der Waals surface area (Å²) in [6.07, 6.45) is -0.356. The third-order valence-corrected chi connectivity index (χ3v) is 7.67. The maximum Gasteiger partial charge on any atom is 0.673 e. The zero-order valence-electron chi connectivity index (χ0n) is 13.8. The highest BCUT2D eigenvalue weighted by Crippen LogP contribution is 2.55. The number of benzene rings is 3. The predicted molar refractivity (Wildman–Crippen MR) is 101 cm³/mol. The minimum atomic E-state index is -6.00. The number of halogens is 5. The lowest BCUT2D eigenvalue weighted by Crippen LogP contribution is -2.32. The maximum atomic E-state index is 14.4. The van der Waals surface area contributed by atoms with E-state index in [0.29, 0.717) is 0 Å². The summed E-state index contributed by atoms with van der Waals surface area (Å²) >= 11 is 0. The van der Waals surface area contributed by atoms with Crippen molar-refractivity contribution in [3.05, 3.63) is 91.0 Å². The molecule has 0 heterocycles. The Labute approximate surface area is 150 Å². The molecule has 0 aromatic heterocycles. The summed E-state index contributed by atoms with van der Waals surface area (Å²) in [5.74, 6) is 0. The van der Waals surface area contributed by atoms with Crippen molar-refractivity contribution in [2.24, 2.45) is 0 Å². The molecule has 0 atom stereocenters. The lowest BCUT2D eigenvalue weighted by atomic mass is 10.3. The molecule has 0 aliphatic carbocycles. The van der Waals surface area contributed by atoms with E-state index in [1.165, 1.54) is 0 Å². The van der Waals surface area contributed by atoms with E-state index in [4.69, 9.17) is 0 Å². The second kappa shape index (κ2) is 8.95. The molecule has 26 heavy (non-hydrogen) atoms. The molecule has 0 unspecified atom stereocenters. The smallest absolute Gasteiger partial charge is 0.418 e. The lowest BCUT2D eigenvalue weighted by molar-refractivity contribution is 0.368. The fourth-order valence-corrected chi connectivity index (χ4v) is 6.05. The average Bonchev–Trinajstić information content (AvgIpc) is 2.64. The molecule has 136 valence electrons. The van der Waals surface area contributed by atoms with Gasteiger partial charge in [0.2, 0.25) is 6.42 Å². The number of rotatable bonds is 4. The highest BCUT2D eigenvalue weighted by Gasteiger charge is 2.45. The minimum Gasteiger partial charge on any atom is -0.418 e. The zero-order valence-corrected chi connectivity index (χ0v) is 14.7. The van der Waals surface area contributed by atoms with Gasteiger partial charge in [-0.2, -0.15) is 0 Å². The molecule has 3 aromatic rings. The molecule has 7 heteroatoms. The molecule has 0 aliphatic heterocycles. The van der Waals surface area contributed by atoms with Crippen molar-refractivity contribution in [3.8, 4) is 0 Å². The normalized spacial score (nSPS) is 11.4. The summed E-state index contributed by atoms with van der Waals surface area (Å²) in [5.41, 5.74) is 0. The highest BCUT2D eigenvalue weighted by atomic mass is 31.2. The van der Waals surface area contributed by atoms with Crippen LogP contribution in [0.2, 0.25) is 0 Å². The standard InChI is InChI=1S/C19H17FP.BF4/c20-16-21(17-10-4-1-5-11-17,18-12-6-2-7-13-18)19-14-8-3-9-15-19;2-1(3,4)5/h1-15H,16H2;/q+1;-1. The topological polar surface area (TPSA) is 0 Å². The van der Waals surface area contributed by atoms with Gasteiger partial charge in [-0.3, -0.25) is 0 Å². The van der Waals surface area contributed by atoms with Crippen LogP contribution in [-0.4, -0.2) is 13.7 Å². The van der Waals surface area contributed by atoms with Crippen molar-refractivity contribution in [2.75, 3.05) is 6.42 Å². The van der Waals surface area contributed by atoms with Gasteiger partial charge in [-0.25, -0.2) is 4.39 Å². The SMILES string of the molecule is FC[P+](c1ccccc1)(c1ccccc1)c1ccccc1.F[B-](F)(F)F. The Balaban J connectivity index is 0.000000431. The number of hydrogen-bond donors (Lipinski definition) is 0. The summed E-state index contributed by atoms with van der Waals surface area (Å²) < 4.78 is 53.4. The molecule has 3 aromatic carbocycles. The molecule has 0 fully saturated rings. The number of hydrogen-bond acceptors (Lipinski definition) is 0. The molecule has 0 N–H and O–H groups in total. The molecule has 0 radical (unpaired) electrons. The molecule has 0 aliphatic rings. The van der Waals surface area contributed by atoms with Crippen molar-refractivity contribution in [1.29, 1.82) is 0 Å². The van der Waals surface area contributed by atoms with Gasteiger partial charge < -0.3 is 17.3 Å². The van der Waals surface area contributed by atoms with Gasteiger partial charge in [0.15, 0.2) is 0 Å². The second-order valence-corrected chi connectivity index (χ2v) is 8.84. The Morgan fingerprint density at radius 3 is 0.962 bits per heavy atom. The van der Waals surface area contributed by atoms with Gasteiger partial charge >= 0.3 is 7.25 Å². The summed E-state index contributed by atoms with van der Waals surface area (Å²) in [7, 11) is -8.20. The van der Waals surface area contributed by atoms with Gasteiger partial charge in [0, 0.05) is 0 Å². The van der Waals surface area contributed by atoms with Crippen LogP contribution in [0.15, 0.2) is 91.0 Å². The number of alkyl halides is 1.